The summed E-state index contributed by atoms with van der Waals surface area (Å²) in [7, 11) is 0. The molecule has 0 aliphatic carbocycles. The van der Waals surface area contributed by atoms with E-state index in [1.807, 2.05) is 18.2 Å². The molecule has 1 atom stereocenters. The average molecular weight is 315 g/mol. The average Bonchev–Trinajstić information content (AvgIpc) is 2.82. The topological polar surface area (TPSA) is 13.1 Å². The molecule has 0 amide bonds. The Morgan fingerprint density at radius 1 is 1.05 bits per heavy atom. The van der Waals surface area contributed by atoms with Crippen molar-refractivity contribution < 1.29 is 4.42 Å². The van der Waals surface area contributed by atoms with Gasteiger partial charge in [-0.15, -0.1) is 0 Å². The van der Waals surface area contributed by atoms with Gasteiger partial charge in [0.25, 0.3) is 0 Å². The molecule has 0 spiro atoms. The number of benzene rings is 2. The van der Waals surface area contributed by atoms with Crippen molar-refractivity contribution in [2.75, 3.05) is 0 Å². The quantitative estimate of drug-likeness (QED) is 0.588. The molecule has 0 aliphatic heterocycles. The minimum absolute atomic E-state index is 0.210. The highest BCUT2D eigenvalue weighted by atomic mass is 79.9. The van der Waals surface area contributed by atoms with Crippen LogP contribution in [-0.2, 0) is 6.42 Å². The van der Waals surface area contributed by atoms with Gasteiger partial charge in [-0.3, -0.25) is 0 Å². The van der Waals surface area contributed by atoms with Crippen molar-refractivity contribution in [3.8, 4) is 0 Å². The molecule has 1 heterocycles. The lowest BCUT2D eigenvalue weighted by Crippen LogP contribution is -1.94. The van der Waals surface area contributed by atoms with Gasteiger partial charge in [0.15, 0.2) is 0 Å². The van der Waals surface area contributed by atoms with Gasteiger partial charge < -0.3 is 4.42 Å². The first-order valence-electron chi connectivity index (χ1n) is 6.40. The first-order chi connectivity index (χ1) is 9.22. The minimum atomic E-state index is 0.210. The van der Waals surface area contributed by atoms with Gasteiger partial charge in [-0.05, 0) is 31.0 Å². The van der Waals surface area contributed by atoms with Crippen LogP contribution in [0, 0.1) is 6.92 Å². The van der Waals surface area contributed by atoms with Crippen molar-refractivity contribution in [1.82, 2.24) is 0 Å². The van der Waals surface area contributed by atoms with Crippen LogP contribution in [0.25, 0.3) is 11.0 Å². The van der Waals surface area contributed by atoms with Crippen LogP contribution in [0.3, 0.4) is 0 Å². The zero-order valence-electron chi connectivity index (χ0n) is 10.8. The van der Waals surface area contributed by atoms with Gasteiger partial charge in [0, 0.05) is 5.39 Å². The maximum Gasteiger partial charge on any atom is 0.134 e. The fourth-order valence-electron chi connectivity index (χ4n) is 2.30. The minimum Gasteiger partial charge on any atom is -0.460 e. The van der Waals surface area contributed by atoms with E-state index in [9.17, 15) is 0 Å². The summed E-state index contributed by atoms with van der Waals surface area (Å²) in [6.07, 6.45) is 0.932. The normalized spacial score (nSPS) is 12.7. The van der Waals surface area contributed by atoms with E-state index in [0.717, 1.165) is 23.2 Å². The van der Waals surface area contributed by atoms with Crippen molar-refractivity contribution in [3.63, 3.8) is 0 Å². The number of halogens is 1. The zero-order chi connectivity index (χ0) is 13.2. The number of hydrogen-bond acceptors (Lipinski definition) is 1. The Bertz CT molecular complexity index is 666. The van der Waals surface area contributed by atoms with E-state index >= 15 is 0 Å². The lowest BCUT2D eigenvalue weighted by atomic mass is 10.1. The van der Waals surface area contributed by atoms with E-state index < -0.39 is 0 Å². The molecule has 0 saturated heterocycles. The Balaban J connectivity index is 1.85. The van der Waals surface area contributed by atoms with E-state index in [-0.39, 0.29) is 4.83 Å². The molecule has 1 unspecified atom stereocenters. The summed E-state index contributed by atoms with van der Waals surface area (Å²) >= 11 is 3.73. The van der Waals surface area contributed by atoms with Crippen LogP contribution >= 0.6 is 15.9 Å². The Morgan fingerprint density at radius 2 is 1.89 bits per heavy atom. The molecule has 3 rings (SSSR count). The van der Waals surface area contributed by atoms with E-state index in [1.54, 1.807) is 0 Å². The Hall–Kier alpha value is -1.54. The number of furan rings is 1. The number of rotatable bonds is 3. The van der Waals surface area contributed by atoms with Gasteiger partial charge in [-0.25, -0.2) is 0 Å². The summed E-state index contributed by atoms with van der Waals surface area (Å²) in [5, 5.41) is 1.16. The van der Waals surface area contributed by atoms with Gasteiger partial charge in [0.2, 0.25) is 0 Å². The van der Waals surface area contributed by atoms with E-state index in [0.29, 0.717) is 0 Å². The van der Waals surface area contributed by atoms with Gasteiger partial charge in [-0.2, -0.15) is 0 Å². The molecule has 2 aromatic carbocycles. The molecule has 3 aromatic rings. The molecule has 0 aliphatic rings. The molecule has 2 heteroatoms. The van der Waals surface area contributed by atoms with Crippen LogP contribution in [0.15, 0.2) is 59.0 Å². The predicted octanol–water partition coefficient (Wildman–Crippen LogP) is 5.42. The zero-order valence-corrected chi connectivity index (χ0v) is 12.4. The van der Waals surface area contributed by atoms with Crippen LogP contribution in [-0.4, -0.2) is 0 Å². The number of aryl methyl sites for hydroxylation is 1. The molecule has 0 N–H and O–H groups in total. The molecular weight excluding hydrogens is 300 g/mol. The largest absolute Gasteiger partial charge is 0.460 e. The van der Waals surface area contributed by atoms with Crippen LogP contribution in [0.4, 0.5) is 0 Å². The maximum atomic E-state index is 5.89. The molecule has 96 valence electrons. The lowest BCUT2D eigenvalue weighted by molar-refractivity contribution is 0.545. The second-order valence-electron chi connectivity index (χ2n) is 4.85. The highest BCUT2D eigenvalue weighted by Gasteiger charge is 2.13. The summed E-state index contributed by atoms with van der Waals surface area (Å²) in [4.78, 5) is 0.210. The van der Waals surface area contributed by atoms with Crippen molar-refractivity contribution in [1.29, 1.82) is 0 Å². The number of hydrogen-bond donors (Lipinski definition) is 0. The summed E-state index contributed by atoms with van der Waals surface area (Å²) < 4.78 is 5.89. The maximum absolute atomic E-state index is 5.89. The monoisotopic (exact) mass is 314 g/mol. The fourth-order valence-corrected chi connectivity index (χ4v) is 2.90. The van der Waals surface area contributed by atoms with Crippen molar-refractivity contribution in [3.05, 3.63) is 71.5 Å². The molecule has 0 fully saturated rings. The number of para-hydroxylation sites is 1. The Kier molecular flexibility index (Phi) is 3.43. The smallest absolute Gasteiger partial charge is 0.134 e. The molecule has 0 radical (unpaired) electrons. The summed E-state index contributed by atoms with van der Waals surface area (Å²) in [5.74, 6) is 0.989. The standard InChI is InChI=1S/C17H15BrO/c1-12-5-4-6-13(9-12)10-15(18)17-11-14-7-2-3-8-16(14)19-17/h2-9,11,15H,10H2,1H3. The van der Waals surface area contributed by atoms with Crippen LogP contribution < -0.4 is 0 Å². The second-order valence-corrected chi connectivity index (χ2v) is 5.95. The van der Waals surface area contributed by atoms with Gasteiger partial charge in [0.1, 0.15) is 11.3 Å². The lowest BCUT2D eigenvalue weighted by Gasteiger charge is -2.07. The number of fused-ring (bicyclic) bond motifs is 1. The predicted molar refractivity (Wildman–Crippen MR) is 82.8 cm³/mol. The van der Waals surface area contributed by atoms with Crippen LogP contribution in [0.2, 0.25) is 0 Å². The van der Waals surface area contributed by atoms with Gasteiger partial charge >= 0.3 is 0 Å². The molecular formula is C17H15BrO. The Labute approximate surface area is 121 Å². The van der Waals surface area contributed by atoms with E-state index in [2.05, 4.69) is 59.3 Å². The number of alkyl halides is 1. The highest BCUT2D eigenvalue weighted by molar-refractivity contribution is 9.09. The highest BCUT2D eigenvalue weighted by Crippen LogP contribution is 2.31. The molecule has 19 heavy (non-hydrogen) atoms. The third kappa shape index (κ3) is 2.74. The fraction of sp³-hybridized carbons (Fsp3) is 0.176. The van der Waals surface area contributed by atoms with Crippen LogP contribution in [0.5, 0.6) is 0 Å². The second kappa shape index (κ2) is 5.22. The van der Waals surface area contributed by atoms with Crippen LogP contribution in [0.1, 0.15) is 21.7 Å². The summed E-state index contributed by atoms with van der Waals surface area (Å²) in [6, 6.07) is 18.8. The third-order valence-electron chi connectivity index (χ3n) is 3.25. The first kappa shape index (κ1) is 12.5. The summed E-state index contributed by atoms with van der Waals surface area (Å²) in [6.45, 7) is 2.12. The van der Waals surface area contributed by atoms with Gasteiger partial charge in [0.05, 0.1) is 4.83 Å². The molecule has 1 nitrogen and oxygen atoms in total. The molecule has 0 bridgehead atoms. The first-order valence-corrected chi connectivity index (χ1v) is 7.32. The third-order valence-corrected chi connectivity index (χ3v) is 4.03. The Morgan fingerprint density at radius 3 is 2.68 bits per heavy atom. The molecule has 0 saturated carbocycles. The van der Waals surface area contributed by atoms with Crippen molar-refractivity contribution in [2.45, 2.75) is 18.2 Å². The summed E-state index contributed by atoms with van der Waals surface area (Å²) in [5.41, 5.74) is 3.57. The van der Waals surface area contributed by atoms with Gasteiger partial charge in [-0.1, -0.05) is 64.0 Å². The van der Waals surface area contributed by atoms with E-state index in [4.69, 9.17) is 4.42 Å². The SMILES string of the molecule is Cc1cccc(CC(Br)c2cc3ccccc3o2)c1. The van der Waals surface area contributed by atoms with E-state index in [1.165, 1.54) is 11.1 Å². The van der Waals surface area contributed by atoms with Crippen molar-refractivity contribution >= 4 is 26.9 Å². The molecule has 1 aromatic heterocycles. The van der Waals surface area contributed by atoms with Crippen molar-refractivity contribution in [2.24, 2.45) is 0 Å².